The van der Waals surface area contributed by atoms with E-state index in [1.807, 2.05) is 0 Å². The number of rotatable bonds is 10. The SMILES string of the molecule is C=CC(=O)OCCC(C)c1ccc(N(c2ccc(-c3ccc(CC)cc3)cc2)c2ccc(C)c(C)c2)cc1. The van der Waals surface area contributed by atoms with Crippen LogP contribution < -0.4 is 4.90 Å². The molecule has 0 radical (unpaired) electrons. The van der Waals surface area contributed by atoms with Crippen molar-refractivity contribution in [3.8, 4) is 11.1 Å². The number of hydrogen-bond donors (Lipinski definition) is 0. The maximum Gasteiger partial charge on any atom is 0.330 e. The van der Waals surface area contributed by atoms with Gasteiger partial charge in [-0.2, -0.15) is 0 Å². The van der Waals surface area contributed by atoms with E-state index in [2.05, 4.69) is 130 Å². The molecule has 194 valence electrons. The maximum atomic E-state index is 11.3. The molecule has 0 aliphatic carbocycles. The Balaban J connectivity index is 1.62. The zero-order valence-electron chi connectivity index (χ0n) is 22.9. The third-order valence-corrected chi connectivity index (χ3v) is 7.25. The maximum absolute atomic E-state index is 11.3. The molecule has 0 aromatic heterocycles. The number of benzene rings is 4. The Labute approximate surface area is 227 Å². The summed E-state index contributed by atoms with van der Waals surface area (Å²) in [6.07, 6.45) is 3.01. The van der Waals surface area contributed by atoms with Gasteiger partial charge >= 0.3 is 5.97 Å². The minimum absolute atomic E-state index is 0.273. The lowest BCUT2D eigenvalue weighted by molar-refractivity contribution is -0.137. The second-order valence-corrected chi connectivity index (χ2v) is 9.85. The van der Waals surface area contributed by atoms with Crippen molar-refractivity contribution in [2.24, 2.45) is 0 Å². The molecule has 0 bridgehead atoms. The van der Waals surface area contributed by atoms with E-state index in [0.29, 0.717) is 6.61 Å². The zero-order chi connectivity index (χ0) is 27.1. The van der Waals surface area contributed by atoms with Crippen LogP contribution in [0.25, 0.3) is 11.1 Å². The molecule has 4 aromatic carbocycles. The van der Waals surface area contributed by atoms with Crippen molar-refractivity contribution in [3.05, 3.63) is 126 Å². The van der Waals surface area contributed by atoms with E-state index in [0.717, 1.165) is 29.9 Å². The number of carbonyl (C=O) groups is 1. The number of esters is 1. The summed E-state index contributed by atoms with van der Waals surface area (Å²) in [6, 6.07) is 32.9. The summed E-state index contributed by atoms with van der Waals surface area (Å²) >= 11 is 0. The standard InChI is InChI=1S/C35H37NO2/c1-6-28-9-11-30(12-10-28)31-15-20-33(21-16-31)36(34-17-8-25(3)27(5)24-34)32-18-13-29(14-19-32)26(4)22-23-38-35(37)7-2/h7-21,24,26H,2,6,22-23H2,1,3-5H3. The van der Waals surface area contributed by atoms with Gasteiger partial charge in [0.25, 0.3) is 0 Å². The zero-order valence-corrected chi connectivity index (χ0v) is 22.9. The van der Waals surface area contributed by atoms with E-state index in [1.165, 1.54) is 39.5 Å². The predicted molar refractivity (Wildman–Crippen MR) is 160 cm³/mol. The summed E-state index contributed by atoms with van der Waals surface area (Å²) in [5.41, 5.74) is 10.9. The van der Waals surface area contributed by atoms with Gasteiger partial charge in [0, 0.05) is 23.1 Å². The topological polar surface area (TPSA) is 29.5 Å². The lowest BCUT2D eigenvalue weighted by Gasteiger charge is -2.27. The van der Waals surface area contributed by atoms with E-state index >= 15 is 0 Å². The Morgan fingerprint density at radius 2 is 1.37 bits per heavy atom. The highest BCUT2D eigenvalue weighted by Crippen LogP contribution is 2.37. The van der Waals surface area contributed by atoms with E-state index in [-0.39, 0.29) is 11.9 Å². The number of carbonyl (C=O) groups excluding carboxylic acids is 1. The van der Waals surface area contributed by atoms with Crippen molar-refractivity contribution in [1.29, 1.82) is 0 Å². The highest BCUT2D eigenvalue weighted by molar-refractivity contribution is 5.81. The molecule has 0 heterocycles. The van der Waals surface area contributed by atoms with Crippen LogP contribution in [0.2, 0.25) is 0 Å². The van der Waals surface area contributed by atoms with Gasteiger partial charge in [0.05, 0.1) is 6.61 Å². The summed E-state index contributed by atoms with van der Waals surface area (Å²) in [5.74, 6) is -0.101. The van der Waals surface area contributed by atoms with Crippen molar-refractivity contribution in [3.63, 3.8) is 0 Å². The molecule has 0 aliphatic heterocycles. The summed E-state index contributed by atoms with van der Waals surface area (Å²) in [5, 5.41) is 0. The molecule has 1 unspecified atom stereocenters. The molecule has 4 rings (SSSR count). The quantitative estimate of drug-likeness (QED) is 0.160. The van der Waals surface area contributed by atoms with E-state index < -0.39 is 0 Å². The average molecular weight is 504 g/mol. The first-order valence-electron chi connectivity index (χ1n) is 13.4. The molecule has 0 fully saturated rings. The van der Waals surface area contributed by atoms with Crippen LogP contribution in [0, 0.1) is 13.8 Å². The first-order chi connectivity index (χ1) is 18.4. The van der Waals surface area contributed by atoms with Gasteiger partial charge in [-0.3, -0.25) is 0 Å². The Bertz CT molecular complexity index is 1370. The van der Waals surface area contributed by atoms with Crippen LogP contribution >= 0.6 is 0 Å². The molecule has 0 spiro atoms. The smallest absolute Gasteiger partial charge is 0.330 e. The van der Waals surface area contributed by atoms with Crippen LogP contribution in [0.15, 0.2) is 104 Å². The van der Waals surface area contributed by atoms with Gasteiger partial charge in [-0.05, 0) is 102 Å². The Morgan fingerprint density at radius 1 is 0.816 bits per heavy atom. The minimum Gasteiger partial charge on any atom is -0.463 e. The predicted octanol–water partition coefficient (Wildman–Crippen LogP) is 9.23. The average Bonchev–Trinajstić information content (AvgIpc) is 2.95. The van der Waals surface area contributed by atoms with Crippen LogP contribution in [0.1, 0.15) is 48.4 Å². The van der Waals surface area contributed by atoms with Gasteiger partial charge in [-0.15, -0.1) is 0 Å². The van der Waals surface area contributed by atoms with Crippen LogP contribution in [0.3, 0.4) is 0 Å². The third kappa shape index (κ3) is 6.41. The van der Waals surface area contributed by atoms with E-state index in [9.17, 15) is 4.79 Å². The fraction of sp³-hybridized carbons (Fsp3) is 0.229. The third-order valence-electron chi connectivity index (χ3n) is 7.25. The molecular weight excluding hydrogens is 466 g/mol. The van der Waals surface area contributed by atoms with Crippen LogP contribution in [0.5, 0.6) is 0 Å². The molecule has 3 heteroatoms. The van der Waals surface area contributed by atoms with Gasteiger partial charge < -0.3 is 9.64 Å². The minimum atomic E-state index is -0.374. The van der Waals surface area contributed by atoms with Crippen molar-refractivity contribution in [1.82, 2.24) is 0 Å². The van der Waals surface area contributed by atoms with Gasteiger partial charge in [-0.25, -0.2) is 4.79 Å². The van der Waals surface area contributed by atoms with Gasteiger partial charge in [0.1, 0.15) is 0 Å². The van der Waals surface area contributed by atoms with E-state index in [1.54, 1.807) is 0 Å². The fourth-order valence-corrected chi connectivity index (χ4v) is 4.56. The number of anilines is 3. The van der Waals surface area contributed by atoms with Crippen molar-refractivity contribution in [2.75, 3.05) is 11.5 Å². The number of hydrogen-bond acceptors (Lipinski definition) is 3. The molecular formula is C35H37NO2. The molecule has 3 nitrogen and oxygen atoms in total. The van der Waals surface area contributed by atoms with Crippen molar-refractivity contribution < 1.29 is 9.53 Å². The van der Waals surface area contributed by atoms with Crippen LogP contribution in [-0.4, -0.2) is 12.6 Å². The Morgan fingerprint density at radius 3 is 1.92 bits per heavy atom. The van der Waals surface area contributed by atoms with Crippen molar-refractivity contribution >= 4 is 23.0 Å². The molecule has 0 N–H and O–H groups in total. The van der Waals surface area contributed by atoms with Gasteiger partial charge in [0.15, 0.2) is 0 Å². The molecule has 1 atom stereocenters. The monoisotopic (exact) mass is 503 g/mol. The second kappa shape index (κ2) is 12.4. The normalized spacial score (nSPS) is 11.6. The lowest BCUT2D eigenvalue weighted by Crippen LogP contribution is -2.11. The second-order valence-electron chi connectivity index (χ2n) is 9.85. The number of aryl methyl sites for hydroxylation is 3. The molecule has 0 saturated heterocycles. The fourth-order valence-electron chi connectivity index (χ4n) is 4.56. The van der Waals surface area contributed by atoms with E-state index in [4.69, 9.17) is 4.74 Å². The number of ether oxygens (including phenoxy) is 1. The summed E-state index contributed by atoms with van der Waals surface area (Å²) in [6.45, 7) is 12.5. The Kier molecular flexibility index (Phi) is 8.81. The number of nitrogens with zero attached hydrogens (tertiary/aromatic N) is 1. The molecule has 0 aliphatic rings. The highest BCUT2D eigenvalue weighted by Gasteiger charge is 2.15. The van der Waals surface area contributed by atoms with Crippen LogP contribution in [-0.2, 0) is 16.0 Å². The Hall–Kier alpha value is -4.11. The highest BCUT2D eigenvalue weighted by atomic mass is 16.5. The summed E-state index contributed by atoms with van der Waals surface area (Å²) in [7, 11) is 0. The van der Waals surface area contributed by atoms with Gasteiger partial charge in [-0.1, -0.05) is 75.0 Å². The molecule has 0 amide bonds. The first kappa shape index (κ1) is 26.9. The molecule has 4 aromatic rings. The van der Waals surface area contributed by atoms with Gasteiger partial charge in [0.2, 0.25) is 0 Å². The molecule has 38 heavy (non-hydrogen) atoms. The molecule has 0 saturated carbocycles. The lowest BCUT2D eigenvalue weighted by atomic mass is 9.97. The van der Waals surface area contributed by atoms with Crippen LogP contribution in [0.4, 0.5) is 17.1 Å². The van der Waals surface area contributed by atoms with Crippen molar-refractivity contribution in [2.45, 2.75) is 46.5 Å². The largest absolute Gasteiger partial charge is 0.463 e. The first-order valence-corrected chi connectivity index (χ1v) is 13.4. The summed E-state index contributed by atoms with van der Waals surface area (Å²) < 4.78 is 5.17. The summed E-state index contributed by atoms with van der Waals surface area (Å²) in [4.78, 5) is 13.6.